The fourth-order valence-corrected chi connectivity index (χ4v) is 8.70. The number of nitrogens with zero attached hydrogens (tertiary/aromatic N) is 2. The Morgan fingerprint density at radius 3 is 2.02 bits per heavy atom. The second-order valence-electron chi connectivity index (χ2n) is 12.2. The monoisotopic (exact) mass is 619 g/mol. The van der Waals surface area contributed by atoms with Crippen LogP contribution in [0.3, 0.4) is 0 Å². The summed E-state index contributed by atoms with van der Waals surface area (Å²) in [6, 6.07) is 59.4. The summed E-state index contributed by atoms with van der Waals surface area (Å²) in [4.78, 5) is 2.39. The average molecular weight is 620 g/mol. The predicted octanol–water partition coefficient (Wildman–Crippen LogP) is 12.1. The highest BCUT2D eigenvalue weighted by Gasteiger charge is 2.30. The van der Waals surface area contributed by atoms with Crippen LogP contribution in [0.2, 0.25) is 0 Å². The van der Waals surface area contributed by atoms with Crippen molar-refractivity contribution in [2.24, 2.45) is 0 Å². The van der Waals surface area contributed by atoms with E-state index in [-0.39, 0.29) is 6.17 Å². The number of hydrogen-bond acceptors (Lipinski definition) is 3. The molecule has 1 aliphatic heterocycles. The fourth-order valence-electron chi connectivity index (χ4n) is 7.44. The molecule has 0 fully saturated rings. The molecule has 1 atom stereocenters. The quantitative estimate of drug-likeness (QED) is 0.211. The Balaban J connectivity index is 1.11. The lowest BCUT2D eigenvalue weighted by Gasteiger charge is -2.27. The van der Waals surface area contributed by atoms with Crippen molar-refractivity contribution in [1.82, 2.24) is 4.57 Å². The Kier molecular flexibility index (Phi) is 5.81. The highest BCUT2D eigenvalue weighted by atomic mass is 32.1. The maximum absolute atomic E-state index is 3.77. The Hall–Kier alpha value is -5.84. The van der Waals surface area contributed by atoms with E-state index in [1.807, 2.05) is 11.3 Å². The van der Waals surface area contributed by atoms with Crippen LogP contribution in [0.4, 0.5) is 17.1 Å². The van der Waals surface area contributed by atoms with Crippen molar-refractivity contribution < 1.29 is 0 Å². The molecule has 0 spiro atoms. The van der Waals surface area contributed by atoms with Crippen molar-refractivity contribution in [2.75, 3.05) is 10.2 Å². The molecule has 0 aliphatic carbocycles. The lowest BCUT2D eigenvalue weighted by Crippen LogP contribution is -2.23. The lowest BCUT2D eigenvalue weighted by molar-refractivity contribution is 0.828. The predicted molar refractivity (Wildman–Crippen MR) is 200 cm³/mol. The molecule has 47 heavy (non-hydrogen) atoms. The number of hydrogen-bond donors (Lipinski definition) is 1. The van der Waals surface area contributed by atoms with Crippen LogP contribution in [0.1, 0.15) is 11.7 Å². The van der Waals surface area contributed by atoms with Gasteiger partial charge in [0.1, 0.15) is 6.17 Å². The number of anilines is 3. The average Bonchev–Trinajstić information content (AvgIpc) is 3.82. The first-order valence-corrected chi connectivity index (χ1v) is 16.9. The minimum absolute atomic E-state index is 0.00987. The Morgan fingerprint density at radius 1 is 0.511 bits per heavy atom. The molecule has 1 N–H and O–H groups in total. The van der Waals surface area contributed by atoms with Gasteiger partial charge in [0.05, 0.1) is 22.4 Å². The zero-order valence-electron chi connectivity index (χ0n) is 25.5. The van der Waals surface area contributed by atoms with E-state index in [2.05, 4.69) is 179 Å². The van der Waals surface area contributed by atoms with Gasteiger partial charge in [-0.05, 0) is 71.3 Å². The number of benzene rings is 7. The van der Waals surface area contributed by atoms with Crippen LogP contribution in [-0.2, 0) is 0 Å². The van der Waals surface area contributed by atoms with E-state index >= 15 is 0 Å². The molecule has 9 aromatic rings. The molecular weight excluding hydrogens is 591 g/mol. The van der Waals surface area contributed by atoms with E-state index in [1.54, 1.807) is 0 Å². The van der Waals surface area contributed by atoms with Gasteiger partial charge < -0.3 is 14.8 Å². The normalized spacial score (nSPS) is 14.3. The Bertz CT molecular complexity index is 2600. The first-order valence-electron chi connectivity index (χ1n) is 16.1. The summed E-state index contributed by atoms with van der Waals surface area (Å²) in [6.45, 7) is 0. The first kappa shape index (κ1) is 26.4. The molecule has 0 radical (unpaired) electrons. The van der Waals surface area contributed by atoms with Gasteiger partial charge in [0.2, 0.25) is 0 Å². The van der Waals surface area contributed by atoms with Crippen molar-refractivity contribution in [1.29, 1.82) is 0 Å². The first-order chi connectivity index (χ1) is 23.3. The highest BCUT2D eigenvalue weighted by Crippen LogP contribution is 2.47. The molecule has 3 heterocycles. The third-order valence-corrected chi connectivity index (χ3v) is 10.8. The van der Waals surface area contributed by atoms with Crippen molar-refractivity contribution in [3.8, 4) is 16.8 Å². The molecule has 1 unspecified atom stereocenters. The van der Waals surface area contributed by atoms with Crippen LogP contribution in [0, 0.1) is 0 Å². The SMILES string of the molecule is c1ccc(N2c3ccccc3NC2c2ccc(-c3ccc4c5c6sc7ccccc7c6ccc5n(-c5ccccc5)c4c3)cc2)cc1. The van der Waals surface area contributed by atoms with Gasteiger partial charge in [0.25, 0.3) is 0 Å². The van der Waals surface area contributed by atoms with Crippen molar-refractivity contribution in [3.05, 3.63) is 169 Å². The van der Waals surface area contributed by atoms with Gasteiger partial charge in [-0.1, -0.05) is 109 Å². The molecular formula is C43H29N3S. The smallest absolute Gasteiger partial charge is 0.130 e. The molecule has 4 heteroatoms. The van der Waals surface area contributed by atoms with Crippen LogP contribution in [-0.4, -0.2) is 4.57 Å². The number of nitrogens with one attached hydrogen (secondary N) is 1. The van der Waals surface area contributed by atoms with Gasteiger partial charge in [-0.15, -0.1) is 11.3 Å². The van der Waals surface area contributed by atoms with Crippen LogP contribution < -0.4 is 10.2 Å². The zero-order chi connectivity index (χ0) is 30.9. The maximum Gasteiger partial charge on any atom is 0.130 e. The summed E-state index contributed by atoms with van der Waals surface area (Å²) in [5.41, 5.74) is 10.8. The van der Waals surface area contributed by atoms with E-state index < -0.39 is 0 Å². The highest BCUT2D eigenvalue weighted by molar-refractivity contribution is 7.26. The van der Waals surface area contributed by atoms with Crippen LogP contribution in [0.15, 0.2) is 164 Å². The van der Waals surface area contributed by atoms with E-state index in [9.17, 15) is 0 Å². The number of thiophene rings is 1. The standard InChI is InChI=1S/C43H29N3S/c1-3-11-31(12-4-1)45-38-26-25-34-33-15-7-10-18-40(33)47-42(34)41(38)35-24-23-30(27-39(35)45)28-19-21-29(22-20-28)43-44-36-16-8-9-17-37(36)46(43)32-13-5-2-6-14-32/h1-27,43-44H. The third kappa shape index (κ3) is 4.05. The second-order valence-corrected chi connectivity index (χ2v) is 13.3. The zero-order valence-corrected chi connectivity index (χ0v) is 26.3. The van der Waals surface area contributed by atoms with Gasteiger partial charge in [-0.25, -0.2) is 0 Å². The van der Waals surface area contributed by atoms with E-state index in [4.69, 9.17) is 0 Å². The molecule has 0 amide bonds. The fraction of sp³-hybridized carbons (Fsp3) is 0.0233. The van der Waals surface area contributed by atoms with E-state index in [0.29, 0.717) is 0 Å². The number of para-hydroxylation sites is 4. The van der Waals surface area contributed by atoms with Crippen molar-refractivity contribution in [2.45, 2.75) is 6.17 Å². The number of fused-ring (bicyclic) bond motifs is 8. The van der Waals surface area contributed by atoms with Gasteiger partial charge >= 0.3 is 0 Å². The molecule has 222 valence electrons. The third-order valence-electron chi connectivity index (χ3n) is 9.60. The minimum Gasteiger partial charge on any atom is -0.359 e. The Labute approximate surface area is 276 Å². The molecule has 3 nitrogen and oxygen atoms in total. The van der Waals surface area contributed by atoms with Gasteiger partial charge in [0, 0.05) is 42.3 Å². The second kappa shape index (κ2) is 10.3. The Morgan fingerprint density at radius 2 is 1.19 bits per heavy atom. The molecule has 2 aromatic heterocycles. The van der Waals surface area contributed by atoms with Crippen molar-refractivity contribution in [3.63, 3.8) is 0 Å². The molecule has 10 rings (SSSR count). The lowest BCUT2D eigenvalue weighted by atomic mass is 10.0. The van der Waals surface area contributed by atoms with Gasteiger partial charge in [-0.2, -0.15) is 0 Å². The topological polar surface area (TPSA) is 20.2 Å². The molecule has 0 saturated heterocycles. The summed E-state index contributed by atoms with van der Waals surface area (Å²) >= 11 is 1.90. The van der Waals surface area contributed by atoms with Crippen molar-refractivity contribution >= 4 is 70.4 Å². The summed E-state index contributed by atoms with van der Waals surface area (Å²) < 4.78 is 5.12. The minimum atomic E-state index is 0.00987. The summed E-state index contributed by atoms with van der Waals surface area (Å²) in [7, 11) is 0. The molecule has 0 bridgehead atoms. The number of aromatic nitrogens is 1. The van der Waals surface area contributed by atoms with Crippen LogP contribution in [0.25, 0.3) is 58.8 Å². The van der Waals surface area contributed by atoms with Crippen LogP contribution in [0.5, 0.6) is 0 Å². The maximum atomic E-state index is 3.77. The molecule has 1 aliphatic rings. The summed E-state index contributed by atoms with van der Waals surface area (Å²) in [6.07, 6.45) is 0.00987. The van der Waals surface area contributed by atoms with Gasteiger partial charge in [0.15, 0.2) is 0 Å². The molecule has 7 aromatic carbocycles. The summed E-state index contributed by atoms with van der Waals surface area (Å²) in [5.74, 6) is 0. The summed E-state index contributed by atoms with van der Waals surface area (Å²) in [5, 5.41) is 9.05. The van der Waals surface area contributed by atoms with E-state index in [0.717, 1.165) is 5.69 Å². The largest absolute Gasteiger partial charge is 0.359 e. The number of rotatable bonds is 4. The van der Waals surface area contributed by atoms with E-state index in [1.165, 1.54) is 75.7 Å². The molecule has 0 saturated carbocycles. The van der Waals surface area contributed by atoms with Gasteiger partial charge in [-0.3, -0.25) is 0 Å². The van der Waals surface area contributed by atoms with Crippen LogP contribution >= 0.6 is 11.3 Å².